The van der Waals surface area contributed by atoms with Crippen molar-refractivity contribution in [2.24, 2.45) is 0 Å². The minimum atomic E-state index is -1.30. The molecule has 0 aliphatic carbocycles. The van der Waals surface area contributed by atoms with Crippen LogP contribution in [0, 0.1) is 6.92 Å². The molecule has 0 radical (unpaired) electrons. The van der Waals surface area contributed by atoms with Crippen molar-refractivity contribution in [2.45, 2.75) is 13.0 Å². The number of imidazole rings is 1. The number of rotatable bonds is 5. The number of carboxylic acids is 1. The van der Waals surface area contributed by atoms with Crippen LogP contribution in [0.1, 0.15) is 38.4 Å². The standard InChI is InChI=1S/C15H16N4O4/c1-8-17-11(12(18-8)15(22)23)14(21)19-10(13(20)16-2)9-6-4-3-5-7-9/h3-7,10H,1-2H3,(H,16,20)(H,17,18)(H,19,21)(H,22,23). The first kappa shape index (κ1) is 16.2. The Kier molecular flexibility index (Phi) is 4.75. The highest BCUT2D eigenvalue weighted by Gasteiger charge is 2.27. The van der Waals surface area contributed by atoms with E-state index in [0.717, 1.165) is 0 Å². The van der Waals surface area contributed by atoms with Gasteiger partial charge in [0.2, 0.25) is 5.91 Å². The van der Waals surface area contributed by atoms with E-state index >= 15 is 0 Å². The lowest BCUT2D eigenvalue weighted by Crippen LogP contribution is -2.39. The van der Waals surface area contributed by atoms with E-state index in [-0.39, 0.29) is 11.4 Å². The van der Waals surface area contributed by atoms with E-state index in [2.05, 4.69) is 20.6 Å². The number of benzene rings is 1. The number of carboxylic acid groups (broad SMARTS) is 1. The first-order valence-electron chi connectivity index (χ1n) is 6.81. The van der Waals surface area contributed by atoms with E-state index in [1.54, 1.807) is 30.3 Å². The van der Waals surface area contributed by atoms with Gasteiger partial charge in [-0.2, -0.15) is 0 Å². The van der Waals surface area contributed by atoms with Crippen molar-refractivity contribution in [3.05, 3.63) is 53.1 Å². The molecule has 8 nitrogen and oxygen atoms in total. The number of carbonyl (C=O) groups is 3. The summed E-state index contributed by atoms with van der Waals surface area (Å²) in [5.41, 5.74) is -0.00659. The normalized spacial score (nSPS) is 11.6. The molecule has 0 saturated heterocycles. The van der Waals surface area contributed by atoms with Crippen LogP contribution in [-0.4, -0.2) is 39.9 Å². The summed E-state index contributed by atoms with van der Waals surface area (Å²) in [6.45, 7) is 1.54. The van der Waals surface area contributed by atoms with Crippen LogP contribution in [0.4, 0.5) is 0 Å². The van der Waals surface area contributed by atoms with E-state index in [9.17, 15) is 14.4 Å². The van der Waals surface area contributed by atoms with Gasteiger partial charge in [-0.05, 0) is 12.5 Å². The van der Waals surface area contributed by atoms with Crippen molar-refractivity contribution in [3.8, 4) is 0 Å². The Hall–Kier alpha value is -3.16. The summed E-state index contributed by atoms with van der Waals surface area (Å²) in [6.07, 6.45) is 0. The minimum absolute atomic E-state index is 0.264. The molecule has 8 heteroatoms. The highest BCUT2D eigenvalue weighted by molar-refractivity contribution is 6.03. The molecule has 0 saturated carbocycles. The lowest BCUT2D eigenvalue weighted by molar-refractivity contribution is -0.122. The van der Waals surface area contributed by atoms with Crippen molar-refractivity contribution < 1.29 is 19.5 Å². The maximum absolute atomic E-state index is 12.4. The van der Waals surface area contributed by atoms with Gasteiger partial charge in [-0.15, -0.1) is 0 Å². The van der Waals surface area contributed by atoms with Gasteiger partial charge in [-0.1, -0.05) is 30.3 Å². The van der Waals surface area contributed by atoms with E-state index in [1.165, 1.54) is 14.0 Å². The predicted molar refractivity (Wildman–Crippen MR) is 81.0 cm³/mol. The number of nitrogens with one attached hydrogen (secondary N) is 3. The van der Waals surface area contributed by atoms with Crippen LogP contribution in [-0.2, 0) is 4.79 Å². The third kappa shape index (κ3) is 3.54. The Labute approximate surface area is 131 Å². The van der Waals surface area contributed by atoms with Crippen molar-refractivity contribution >= 4 is 17.8 Å². The summed E-state index contributed by atoms with van der Waals surface area (Å²) in [7, 11) is 1.45. The number of hydrogen-bond donors (Lipinski definition) is 4. The molecule has 1 heterocycles. The topological polar surface area (TPSA) is 124 Å². The zero-order valence-corrected chi connectivity index (χ0v) is 12.6. The molecule has 4 N–H and O–H groups in total. The van der Waals surface area contributed by atoms with Crippen LogP contribution >= 0.6 is 0 Å². The third-order valence-electron chi connectivity index (χ3n) is 3.17. The molecular formula is C15H16N4O4. The van der Waals surface area contributed by atoms with Crippen LogP contribution in [0.15, 0.2) is 30.3 Å². The number of aromatic amines is 1. The Bertz CT molecular complexity index is 739. The molecule has 0 fully saturated rings. The van der Waals surface area contributed by atoms with Crippen molar-refractivity contribution in [1.82, 2.24) is 20.6 Å². The highest BCUT2D eigenvalue weighted by atomic mass is 16.4. The van der Waals surface area contributed by atoms with E-state index in [1.807, 2.05) is 0 Å². The lowest BCUT2D eigenvalue weighted by Gasteiger charge is -2.17. The molecule has 0 aliphatic rings. The fraction of sp³-hybridized carbons (Fsp3) is 0.200. The van der Waals surface area contributed by atoms with Gasteiger partial charge < -0.3 is 20.7 Å². The first-order valence-corrected chi connectivity index (χ1v) is 6.81. The largest absolute Gasteiger partial charge is 0.477 e. The molecule has 23 heavy (non-hydrogen) atoms. The Morgan fingerprint density at radius 2 is 1.87 bits per heavy atom. The fourth-order valence-electron chi connectivity index (χ4n) is 2.10. The number of likely N-dealkylation sites (N-methyl/N-ethyl adjacent to an activating group) is 1. The molecule has 120 valence electrons. The number of aryl methyl sites for hydroxylation is 1. The van der Waals surface area contributed by atoms with Crippen molar-refractivity contribution in [2.75, 3.05) is 7.05 Å². The molecule has 1 atom stereocenters. The summed E-state index contributed by atoms with van der Waals surface area (Å²) in [6, 6.07) is 7.68. The first-order chi connectivity index (χ1) is 10.9. The second-order valence-electron chi connectivity index (χ2n) is 4.78. The van der Waals surface area contributed by atoms with E-state index in [0.29, 0.717) is 11.4 Å². The number of amides is 2. The van der Waals surface area contributed by atoms with Gasteiger partial charge in [-0.25, -0.2) is 9.78 Å². The minimum Gasteiger partial charge on any atom is -0.477 e. The molecule has 0 aliphatic heterocycles. The highest BCUT2D eigenvalue weighted by Crippen LogP contribution is 2.15. The van der Waals surface area contributed by atoms with Gasteiger partial charge in [-0.3, -0.25) is 9.59 Å². The molecule has 1 aromatic heterocycles. The van der Waals surface area contributed by atoms with Gasteiger partial charge in [0.05, 0.1) is 0 Å². The summed E-state index contributed by atoms with van der Waals surface area (Å²) >= 11 is 0. The zero-order chi connectivity index (χ0) is 17.0. The number of aromatic carboxylic acids is 1. The van der Waals surface area contributed by atoms with Crippen LogP contribution in [0.3, 0.4) is 0 Å². The van der Waals surface area contributed by atoms with Gasteiger partial charge >= 0.3 is 5.97 Å². The maximum atomic E-state index is 12.4. The van der Waals surface area contributed by atoms with E-state index in [4.69, 9.17) is 5.11 Å². The monoisotopic (exact) mass is 316 g/mol. The van der Waals surface area contributed by atoms with Crippen molar-refractivity contribution in [3.63, 3.8) is 0 Å². The summed E-state index contributed by atoms with van der Waals surface area (Å²) in [5, 5.41) is 14.1. The molecular weight excluding hydrogens is 300 g/mol. The van der Waals surface area contributed by atoms with Crippen LogP contribution < -0.4 is 10.6 Å². The molecule has 1 unspecified atom stereocenters. The molecule has 2 amide bonds. The van der Waals surface area contributed by atoms with Gasteiger partial charge in [0.1, 0.15) is 11.9 Å². The molecule has 0 spiro atoms. The lowest BCUT2D eigenvalue weighted by atomic mass is 10.1. The van der Waals surface area contributed by atoms with Crippen molar-refractivity contribution in [1.29, 1.82) is 0 Å². The number of H-pyrrole nitrogens is 1. The van der Waals surface area contributed by atoms with Crippen LogP contribution in [0.25, 0.3) is 0 Å². The van der Waals surface area contributed by atoms with Crippen LogP contribution in [0.5, 0.6) is 0 Å². The molecule has 2 aromatic rings. The average Bonchev–Trinajstić information content (AvgIpc) is 2.95. The fourth-order valence-corrected chi connectivity index (χ4v) is 2.10. The second-order valence-corrected chi connectivity index (χ2v) is 4.78. The molecule has 1 aromatic carbocycles. The average molecular weight is 316 g/mol. The Balaban J connectivity index is 2.32. The molecule has 0 bridgehead atoms. The summed E-state index contributed by atoms with van der Waals surface area (Å²) in [4.78, 5) is 41.9. The van der Waals surface area contributed by atoms with Gasteiger partial charge in [0.25, 0.3) is 5.91 Å². The number of carbonyl (C=O) groups excluding carboxylic acids is 2. The number of aromatic nitrogens is 2. The number of hydrogen-bond acceptors (Lipinski definition) is 4. The van der Waals surface area contributed by atoms with Gasteiger partial charge in [0, 0.05) is 7.05 Å². The predicted octanol–water partition coefficient (Wildman–Crippen LogP) is 0.633. The van der Waals surface area contributed by atoms with Crippen LogP contribution in [0.2, 0.25) is 0 Å². The van der Waals surface area contributed by atoms with E-state index < -0.39 is 23.8 Å². The summed E-state index contributed by atoms with van der Waals surface area (Å²) in [5.74, 6) is -2.17. The third-order valence-corrected chi connectivity index (χ3v) is 3.17. The SMILES string of the molecule is CNC(=O)C(NC(=O)c1nc(C)[nH]c1C(=O)O)c1ccccc1. The second kappa shape index (κ2) is 6.73. The number of nitrogens with zero attached hydrogens (tertiary/aromatic N) is 1. The summed E-state index contributed by atoms with van der Waals surface area (Å²) < 4.78 is 0. The Morgan fingerprint density at radius 1 is 1.22 bits per heavy atom. The smallest absolute Gasteiger partial charge is 0.354 e. The maximum Gasteiger partial charge on any atom is 0.354 e. The quantitative estimate of drug-likeness (QED) is 0.644. The molecule has 2 rings (SSSR count). The zero-order valence-electron chi connectivity index (χ0n) is 12.6. The van der Waals surface area contributed by atoms with Gasteiger partial charge in [0.15, 0.2) is 11.4 Å². The Morgan fingerprint density at radius 3 is 2.43 bits per heavy atom.